The van der Waals surface area contributed by atoms with Gasteiger partial charge in [0.25, 0.3) is 0 Å². The van der Waals surface area contributed by atoms with E-state index in [0.717, 1.165) is 93.3 Å². The Hall–Kier alpha value is -1.80. The van der Waals surface area contributed by atoms with Crippen molar-refractivity contribution in [2.45, 2.75) is 191 Å². The lowest BCUT2D eigenvalue weighted by atomic mass is 9.45. The summed E-state index contributed by atoms with van der Waals surface area (Å²) in [5, 5.41) is 0. The Morgan fingerprint density at radius 1 is 0.527 bits per heavy atom. The molecule has 304 valence electrons. The van der Waals surface area contributed by atoms with Crippen LogP contribution in [-0.2, 0) is 28.7 Å². The molecule has 0 aromatic carbocycles. The van der Waals surface area contributed by atoms with Crippen molar-refractivity contribution in [3.8, 4) is 0 Å². The van der Waals surface area contributed by atoms with E-state index < -0.39 is 0 Å². The zero-order chi connectivity index (χ0) is 37.6. The van der Waals surface area contributed by atoms with Crippen LogP contribution in [0.1, 0.15) is 161 Å². The normalized spacial score (nSPS) is 49.8. The molecule has 0 N–H and O–H groups in total. The first-order valence-corrected chi connectivity index (χ1v) is 23.6. The van der Waals surface area contributed by atoms with Crippen LogP contribution in [0.25, 0.3) is 0 Å². The Labute approximate surface area is 330 Å². The summed E-state index contributed by atoms with van der Waals surface area (Å²) in [5.74, 6) is 5.11. The molecule has 0 aromatic rings. The molecular weight excluding hydrogens is 689 g/mol. The summed E-state index contributed by atoms with van der Waals surface area (Å²) < 4.78 is 14.3. The zero-order valence-corrected chi connectivity index (χ0v) is 34.1. The minimum Gasteiger partial charge on any atom is -0.375 e. The van der Waals surface area contributed by atoms with Gasteiger partial charge in [-0.3, -0.25) is 29.0 Å². The molecular formula is C47H70N2O6. The van der Waals surface area contributed by atoms with Crippen LogP contribution in [0.3, 0.4) is 0 Å². The number of carbonyl (C=O) groups excluding carboxylic acids is 4. The molecule has 0 aromatic heterocycles. The molecule has 4 bridgehead atoms. The number of imide groups is 2. The maximum absolute atomic E-state index is 14.2. The van der Waals surface area contributed by atoms with Crippen LogP contribution < -0.4 is 0 Å². The highest BCUT2D eigenvalue weighted by molar-refractivity contribution is 6.06. The third-order valence-electron chi connectivity index (χ3n) is 18.4. The van der Waals surface area contributed by atoms with Crippen molar-refractivity contribution in [1.82, 2.24) is 9.80 Å². The SMILES string of the molecule is CC1CCC(CC2CCC(N3C(=O)C4CCC(OC5CCC(OC6CCC7C(=O)N(C)C(=O)C7C6)CC5C56CC7CC(CC(C7)C5)C6)CC4C3=O)CC2)CC1. The molecule has 0 spiro atoms. The van der Waals surface area contributed by atoms with E-state index in [1.807, 2.05) is 0 Å². The Morgan fingerprint density at radius 2 is 1.02 bits per heavy atom. The lowest BCUT2D eigenvalue weighted by molar-refractivity contribution is -0.185. The predicted molar refractivity (Wildman–Crippen MR) is 208 cm³/mol. The van der Waals surface area contributed by atoms with Gasteiger partial charge in [0.1, 0.15) is 0 Å². The molecule has 11 aliphatic rings. The fourth-order valence-electron chi connectivity index (χ4n) is 15.9. The second-order valence-corrected chi connectivity index (χ2v) is 21.7. The Morgan fingerprint density at radius 3 is 1.65 bits per heavy atom. The molecule has 2 aliphatic heterocycles. The Bertz CT molecular complexity index is 1460. The molecule has 55 heavy (non-hydrogen) atoms. The molecule has 11 rings (SSSR count). The van der Waals surface area contributed by atoms with Gasteiger partial charge in [0.15, 0.2) is 0 Å². The van der Waals surface area contributed by atoms with Crippen LogP contribution in [0.2, 0.25) is 0 Å². The van der Waals surface area contributed by atoms with Gasteiger partial charge < -0.3 is 9.47 Å². The van der Waals surface area contributed by atoms with E-state index in [-0.39, 0.29) is 77.8 Å². The fourth-order valence-corrected chi connectivity index (χ4v) is 15.9. The number of hydrogen-bond acceptors (Lipinski definition) is 6. The Balaban J connectivity index is 0.785. The van der Waals surface area contributed by atoms with Gasteiger partial charge in [0.05, 0.1) is 48.1 Å². The van der Waals surface area contributed by atoms with Gasteiger partial charge in [-0.1, -0.05) is 32.6 Å². The van der Waals surface area contributed by atoms with Crippen LogP contribution in [-0.4, -0.2) is 70.9 Å². The number of ether oxygens (including phenoxy) is 2. The van der Waals surface area contributed by atoms with Crippen LogP contribution >= 0.6 is 0 Å². The molecule has 11 fully saturated rings. The summed E-state index contributed by atoms with van der Waals surface area (Å²) in [6.07, 6.45) is 27.6. The molecule has 0 radical (unpaired) electrons. The number of hydrogen-bond donors (Lipinski definition) is 0. The summed E-state index contributed by atoms with van der Waals surface area (Å²) >= 11 is 0. The van der Waals surface area contributed by atoms with E-state index in [2.05, 4.69) is 6.92 Å². The minimum absolute atomic E-state index is 0.000311. The highest BCUT2D eigenvalue weighted by Gasteiger charge is 2.58. The van der Waals surface area contributed by atoms with Crippen molar-refractivity contribution in [3.63, 3.8) is 0 Å². The smallest absolute Gasteiger partial charge is 0.233 e. The first-order valence-electron chi connectivity index (χ1n) is 23.6. The van der Waals surface area contributed by atoms with Crippen LogP contribution in [0.15, 0.2) is 0 Å². The number of fused-ring (bicyclic) bond motifs is 2. The highest BCUT2D eigenvalue weighted by atomic mass is 16.5. The molecule has 2 heterocycles. The van der Waals surface area contributed by atoms with E-state index in [0.29, 0.717) is 24.2 Å². The summed E-state index contributed by atoms with van der Waals surface area (Å²) in [5.41, 5.74) is 0.330. The van der Waals surface area contributed by atoms with Gasteiger partial charge in [0, 0.05) is 13.1 Å². The second-order valence-electron chi connectivity index (χ2n) is 21.7. The van der Waals surface area contributed by atoms with Crippen molar-refractivity contribution < 1.29 is 28.7 Å². The van der Waals surface area contributed by atoms with E-state index in [1.165, 1.54) is 88.4 Å². The lowest BCUT2D eigenvalue weighted by Crippen LogP contribution is -2.55. The first kappa shape index (κ1) is 37.5. The average molecular weight is 759 g/mol. The standard InChI is InChI=1S/C47H70N2O6/c1-27-3-5-28(6-4-27)17-29-7-9-33(10-8-29)49-45(52)38-15-12-35(22-40(38)46(49)53)55-42-16-13-36(54-34-11-14-37-39(21-34)44(51)48(2)43(37)50)23-41(42)47-24-30-18-31(25-47)20-32(19-30)26-47/h27-42H,3-26H2,1-2H3. The Kier molecular flexibility index (Phi) is 10.1. The van der Waals surface area contributed by atoms with Crippen LogP contribution in [0.4, 0.5) is 0 Å². The molecule has 4 amide bonds. The van der Waals surface area contributed by atoms with Gasteiger partial charge in [-0.15, -0.1) is 0 Å². The second kappa shape index (κ2) is 14.8. The fraction of sp³-hybridized carbons (Fsp3) is 0.915. The first-order chi connectivity index (χ1) is 26.6. The van der Waals surface area contributed by atoms with Crippen molar-refractivity contribution >= 4 is 23.6 Å². The summed E-state index contributed by atoms with van der Waals surface area (Å²) in [7, 11) is 1.64. The summed E-state index contributed by atoms with van der Waals surface area (Å²) in [6.45, 7) is 2.40. The zero-order valence-electron chi connectivity index (χ0n) is 34.1. The molecule has 9 unspecified atom stereocenters. The number of rotatable bonds is 8. The number of carbonyl (C=O) groups is 4. The van der Waals surface area contributed by atoms with Crippen LogP contribution in [0, 0.1) is 70.5 Å². The summed E-state index contributed by atoms with van der Waals surface area (Å²) in [4.78, 5) is 56.8. The van der Waals surface area contributed by atoms with E-state index >= 15 is 0 Å². The van der Waals surface area contributed by atoms with Crippen molar-refractivity contribution in [2.24, 2.45) is 70.5 Å². The van der Waals surface area contributed by atoms with Gasteiger partial charge in [-0.2, -0.15) is 0 Å². The maximum atomic E-state index is 14.2. The molecule has 8 heteroatoms. The van der Waals surface area contributed by atoms with E-state index in [4.69, 9.17) is 9.47 Å². The quantitative estimate of drug-likeness (QED) is 0.231. The summed E-state index contributed by atoms with van der Waals surface area (Å²) in [6, 6.07) is 0.103. The number of likely N-dealkylation sites (tertiary alicyclic amines) is 2. The van der Waals surface area contributed by atoms with Crippen molar-refractivity contribution in [2.75, 3.05) is 7.05 Å². The number of nitrogens with zero attached hydrogens (tertiary/aromatic N) is 2. The lowest BCUT2D eigenvalue weighted by Gasteiger charge is -2.62. The highest BCUT2D eigenvalue weighted by Crippen LogP contribution is 2.65. The molecule has 9 atom stereocenters. The van der Waals surface area contributed by atoms with E-state index in [1.54, 1.807) is 11.9 Å². The molecule has 9 aliphatic carbocycles. The third-order valence-corrected chi connectivity index (χ3v) is 18.4. The van der Waals surface area contributed by atoms with Gasteiger partial charge in [-0.25, -0.2) is 0 Å². The van der Waals surface area contributed by atoms with Gasteiger partial charge in [0.2, 0.25) is 23.6 Å². The topological polar surface area (TPSA) is 93.2 Å². The van der Waals surface area contributed by atoms with Gasteiger partial charge >= 0.3 is 0 Å². The average Bonchev–Trinajstić information content (AvgIpc) is 3.55. The predicted octanol–water partition coefficient (Wildman–Crippen LogP) is 8.49. The minimum atomic E-state index is -0.212. The third kappa shape index (κ3) is 6.89. The largest absolute Gasteiger partial charge is 0.375 e. The monoisotopic (exact) mass is 759 g/mol. The molecule has 2 saturated heterocycles. The molecule has 9 saturated carbocycles. The number of amides is 4. The van der Waals surface area contributed by atoms with E-state index in [9.17, 15) is 19.2 Å². The molecule has 8 nitrogen and oxygen atoms in total. The van der Waals surface area contributed by atoms with Crippen LogP contribution in [0.5, 0.6) is 0 Å². The maximum Gasteiger partial charge on any atom is 0.233 e. The van der Waals surface area contributed by atoms with Crippen molar-refractivity contribution in [3.05, 3.63) is 0 Å². The van der Waals surface area contributed by atoms with Crippen molar-refractivity contribution in [1.29, 1.82) is 0 Å². The van der Waals surface area contributed by atoms with Gasteiger partial charge in [-0.05, 0) is 175 Å².